The van der Waals surface area contributed by atoms with Crippen molar-refractivity contribution in [3.8, 4) is 0 Å². The van der Waals surface area contributed by atoms with Gasteiger partial charge < -0.3 is 144 Å². The third-order valence-electron chi connectivity index (χ3n) is 13.6. The second-order valence-corrected chi connectivity index (χ2v) is 20.1. The molecule has 4 aliphatic heterocycles. The number of carboxylic acids is 2. The van der Waals surface area contributed by atoms with E-state index in [9.17, 15) is 90.0 Å². The molecule has 486 valence electrons. The van der Waals surface area contributed by atoms with Crippen molar-refractivity contribution in [3.63, 3.8) is 0 Å². The summed E-state index contributed by atoms with van der Waals surface area (Å²) < 4.78 is 68.2. The van der Waals surface area contributed by atoms with Crippen LogP contribution in [-0.2, 0) is 85.6 Å². The van der Waals surface area contributed by atoms with Gasteiger partial charge in [0.25, 0.3) is 5.79 Å². The van der Waals surface area contributed by atoms with E-state index < -0.39 is 191 Å². The van der Waals surface area contributed by atoms with Crippen LogP contribution in [0, 0.1) is 0 Å². The standard InChI is InChI=1S/C49H84N4O31/c1-23-35(65)38(68)39(69)46(78-23)82-43-34(53-25(3)58)45(77-10-6-4-5-7-30(61)50-8-9-51-31(62)21-75-15-13-73-11-12-74-14-16-76-22-32(63)64)80-29(20-56)41(43)81-47-40(70)44(37(67)28(19-55)79-47)84-49(48(71)72)17-26(59)33(52-24(2)57)42(83-49)36(66)27(60)18-54/h23,26-29,33-47,54-56,59-60,65-70H,4-22H2,1-3H3,(H,50,61)(H,51,62)(H,52,57)(H,53,58)(H,63,64)(H,71,72)/t23-,26-,27+,28+,29+,33+,34+,35+,36+,37-,38+,39-,40+,41+,42+,43+,44-,45+,46-,47-,49-/m0/s1. The fourth-order valence-corrected chi connectivity index (χ4v) is 9.30. The van der Waals surface area contributed by atoms with Crippen LogP contribution in [0.2, 0.25) is 0 Å². The minimum Gasteiger partial charge on any atom is -0.480 e. The van der Waals surface area contributed by atoms with Crippen molar-refractivity contribution in [2.75, 3.05) is 92.4 Å². The highest BCUT2D eigenvalue weighted by Crippen LogP contribution is 2.39. The smallest absolute Gasteiger partial charge is 0.364 e. The fourth-order valence-electron chi connectivity index (χ4n) is 9.30. The number of aliphatic carboxylic acids is 2. The van der Waals surface area contributed by atoms with Gasteiger partial charge in [-0.1, -0.05) is 6.42 Å². The number of carbonyl (C=O) groups excluding carboxylic acids is 4. The molecular weight excluding hydrogens is 1140 g/mol. The van der Waals surface area contributed by atoms with E-state index in [1.54, 1.807) is 0 Å². The average Bonchev–Trinajstić information content (AvgIpc) is 1.20. The molecule has 84 heavy (non-hydrogen) atoms. The summed E-state index contributed by atoms with van der Waals surface area (Å²) in [6.07, 6.45) is -34.2. The van der Waals surface area contributed by atoms with E-state index in [-0.39, 0.29) is 84.7 Å². The van der Waals surface area contributed by atoms with Gasteiger partial charge in [0.05, 0.1) is 77.7 Å². The quantitative estimate of drug-likeness (QED) is 0.0257. The van der Waals surface area contributed by atoms with Crippen LogP contribution in [0.4, 0.5) is 0 Å². The summed E-state index contributed by atoms with van der Waals surface area (Å²) in [5.41, 5.74) is 0. The molecule has 35 nitrogen and oxygen atoms in total. The van der Waals surface area contributed by atoms with Crippen LogP contribution >= 0.6 is 0 Å². The molecule has 35 heteroatoms. The molecule has 0 aromatic heterocycles. The van der Waals surface area contributed by atoms with Gasteiger partial charge in [-0.15, -0.1) is 0 Å². The highest BCUT2D eigenvalue weighted by molar-refractivity contribution is 5.78. The molecule has 0 aromatic carbocycles. The molecule has 21 atom stereocenters. The topological polar surface area (TPSA) is 524 Å². The molecule has 4 aliphatic rings. The zero-order valence-electron chi connectivity index (χ0n) is 46.6. The molecule has 0 spiro atoms. The monoisotopic (exact) mass is 1220 g/mol. The first-order valence-corrected chi connectivity index (χ1v) is 27.2. The second-order valence-electron chi connectivity index (χ2n) is 20.1. The maximum Gasteiger partial charge on any atom is 0.364 e. The van der Waals surface area contributed by atoms with Gasteiger partial charge in [-0.25, -0.2) is 9.59 Å². The van der Waals surface area contributed by atoms with Crippen LogP contribution in [0.5, 0.6) is 0 Å². The second kappa shape index (κ2) is 36.3. The number of rotatable bonds is 37. The molecule has 4 heterocycles. The Hall–Kier alpha value is -4.10. The molecule has 4 saturated heterocycles. The summed E-state index contributed by atoms with van der Waals surface area (Å²) in [6, 6.07) is -3.16. The molecule has 0 radical (unpaired) electrons. The Morgan fingerprint density at radius 1 is 0.595 bits per heavy atom. The number of hydrogen-bond donors (Lipinski definition) is 17. The van der Waals surface area contributed by atoms with Crippen molar-refractivity contribution in [1.29, 1.82) is 0 Å². The van der Waals surface area contributed by atoms with Crippen molar-refractivity contribution in [2.45, 2.75) is 181 Å². The number of aliphatic hydroxyl groups excluding tert-OH is 11. The highest BCUT2D eigenvalue weighted by Gasteiger charge is 2.61. The highest BCUT2D eigenvalue weighted by atomic mass is 16.8. The predicted molar refractivity (Wildman–Crippen MR) is 272 cm³/mol. The van der Waals surface area contributed by atoms with Crippen LogP contribution in [-0.4, -0.2) is 323 Å². The summed E-state index contributed by atoms with van der Waals surface area (Å²) in [5.74, 6) is -8.57. The Labute approximate surface area is 481 Å². The zero-order valence-corrected chi connectivity index (χ0v) is 46.6. The van der Waals surface area contributed by atoms with Crippen molar-refractivity contribution < 1.29 is 152 Å². The lowest BCUT2D eigenvalue weighted by Gasteiger charge is -2.51. The third kappa shape index (κ3) is 21.6. The van der Waals surface area contributed by atoms with Crippen LogP contribution in [0.15, 0.2) is 0 Å². The Kier molecular flexibility index (Phi) is 31.2. The van der Waals surface area contributed by atoms with Gasteiger partial charge >= 0.3 is 11.9 Å². The maximum absolute atomic E-state index is 13.1. The molecule has 4 rings (SSSR count). The van der Waals surface area contributed by atoms with E-state index in [1.165, 1.54) is 6.92 Å². The Morgan fingerprint density at radius 3 is 1.74 bits per heavy atom. The van der Waals surface area contributed by atoms with Crippen molar-refractivity contribution in [1.82, 2.24) is 21.3 Å². The average molecular weight is 1230 g/mol. The first kappa shape index (κ1) is 72.4. The Morgan fingerprint density at radius 2 is 1.15 bits per heavy atom. The first-order valence-electron chi connectivity index (χ1n) is 27.2. The molecule has 17 N–H and O–H groups in total. The summed E-state index contributed by atoms with van der Waals surface area (Å²) in [6.45, 7) is 0.881. The SMILES string of the molecule is CC(=O)N[C@H]1[C@H](OCCCCCC(=O)NCCNC(=O)COCCOCCOCCOCC(=O)O)O[C@H](CO)[C@@H](O[C@@H]2O[C@H](CO)[C@H](O)[C@H](O[C@]3(C(=O)O)C[C@H](O)[C@@H](NC(C)=O)[C@H]([C@H](O)[C@H](O)CO)O3)[C@H]2O)[C@@H]1O[C@@H]1O[C@@H](C)[C@@H](O)[C@@H](O)[C@@H]1O. The number of carbonyl (C=O) groups is 6. The predicted octanol–water partition coefficient (Wildman–Crippen LogP) is -9.26. The van der Waals surface area contributed by atoms with E-state index in [1.807, 2.05) is 0 Å². The number of unbranched alkanes of at least 4 members (excludes halogenated alkanes) is 2. The summed E-state index contributed by atoms with van der Waals surface area (Å²) in [4.78, 5) is 73.2. The molecule has 0 aromatic rings. The molecule has 4 fully saturated rings. The van der Waals surface area contributed by atoms with Crippen molar-refractivity contribution in [2.24, 2.45) is 0 Å². The largest absolute Gasteiger partial charge is 0.480 e. The van der Waals surface area contributed by atoms with Crippen LogP contribution < -0.4 is 21.3 Å². The molecule has 0 bridgehead atoms. The molecule has 4 amide bonds. The number of hydrogen-bond acceptors (Lipinski definition) is 29. The zero-order chi connectivity index (χ0) is 62.3. The first-order chi connectivity index (χ1) is 39.9. The Balaban J connectivity index is 1.41. The normalized spacial score (nSPS) is 34.2. The van der Waals surface area contributed by atoms with Crippen LogP contribution in [0.3, 0.4) is 0 Å². The number of aliphatic hydroxyl groups is 11. The van der Waals surface area contributed by atoms with Gasteiger partial charge in [-0.3, -0.25) is 19.2 Å². The fraction of sp³-hybridized carbons (Fsp3) is 0.878. The molecule has 0 unspecified atom stereocenters. The van der Waals surface area contributed by atoms with Gasteiger partial charge in [0.2, 0.25) is 23.6 Å². The van der Waals surface area contributed by atoms with Crippen molar-refractivity contribution in [3.05, 3.63) is 0 Å². The van der Waals surface area contributed by atoms with E-state index in [4.69, 9.17) is 61.9 Å². The van der Waals surface area contributed by atoms with Gasteiger partial charge in [0, 0.05) is 46.4 Å². The van der Waals surface area contributed by atoms with Gasteiger partial charge in [0.15, 0.2) is 18.9 Å². The number of nitrogens with one attached hydrogen (secondary N) is 4. The van der Waals surface area contributed by atoms with E-state index in [0.717, 1.165) is 13.8 Å². The Bertz CT molecular complexity index is 2020. The van der Waals surface area contributed by atoms with E-state index in [0.29, 0.717) is 12.8 Å². The van der Waals surface area contributed by atoms with Crippen LogP contribution in [0.25, 0.3) is 0 Å². The lowest BCUT2D eigenvalue weighted by Crippen LogP contribution is -2.71. The summed E-state index contributed by atoms with van der Waals surface area (Å²) in [7, 11) is 0. The van der Waals surface area contributed by atoms with Crippen molar-refractivity contribution >= 4 is 35.6 Å². The van der Waals surface area contributed by atoms with Gasteiger partial charge in [0.1, 0.15) is 98.6 Å². The number of ether oxygens (including phenoxy) is 12. The molecular formula is C49H84N4O31. The maximum atomic E-state index is 13.1. The van der Waals surface area contributed by atoms with E-state index >= 15 is 0 Å². The van der Waals surface area contributed by atoms with E-state index in [2.05, 4.69) is 21.3 Å². The van der Waals surface area contributed by atoms with Gasteiger partial charge in [-0.05, 0) is 19.8 Å². The number of carboxylic acid groups (broad SMARTS) is 2. The van der Waals surface area contributed by atoms with Gasteiger partial charge in [-0.2, -0.15) is 0 Å². The molecule has 0 saturated carbocycles. The lowest BCUT2D eigenvalue weighted by atomic mass is 9.88. The lowest BCUT2D eigenvalue weighted by molar-refractivity contribution is -0.391. The summed E-state index contributed by atoms with van der Waals surface area (Å²) in [5, 5.41) is 148. The summed E-state index contributed by atoms with van der Waals surface area (Å²) >= 11 is 0. The minimum atomic E-state index is -3.16. The number of amides is 4. The molecule has 0 aliphatic carbocycles. The van der Waals surface area contributed by atoms with Crippen LogP contribution in [0.1, 0.15) is 52.9 Å². The third-order valence-corrected chi connectivity index (χ3v) is 13.6. The minimum absolute atomic E-state index is 0.0815.